The van der Waals surface area contributed by atoms with Crippen LogP contribution in [0.1, 0.15) is 24.0 Å². The number of carbonyl (C=O) groups is 1. The molecule has 1 saturated heterocycles. The van der Waals surface area contributed by atoms with Crippen LogP contribution < -0.4 is 4.90 Å². The van der Waals surface area contributed by atoms with Gasteiger partial charge in [-0.2, -0.15) is 0 Å². The minimum Gasteiger partial charge on any atom is -0.508 e. The Bertz CT molecular complexity index is 1070. The van der Waals surface area contributed by atoms with Gasteiger partial charge in [0.2, 0.25) is 5.91 Å². The van der Waals surface area contributed by atoms with E-state index in [-0.39, 0.29) is 17.1 Å². The predicted molar refractivity (Wildman–Crippen MR) is 109 cm³/mol. The second-order valence-electron chi connectivity index (χ2n) is 7.96. The number of amides is 1. The molecule has 142 valence electrons. The van der Waals surface area contributed by atoms with Crippen molar-refractivity contribution >= 4 is 22.5 Å². The van der Waals surface area contributed by atoms with E-state index in [0.29, 0.717) is 0 Å². The van der Waals surface area contributed by atoms with Gasteiger partial charge in [-0.25, -0.2) is 0 Å². The fourth-order valence-corrected chi connectivity index (χ4v) is 4.79. The number of carbonyl (C=O) groups excluding carboxylic acids is 1. The fourth-order valence-electron chi connectivity index (χ4n) is 4.79. The zero-order valence-electron chi connectivity index (χ0n) is 15.9. The molecule has 3 aromatic rings. The number of hydrogen-bond acceptors (Lipinski definition) is 4. The Morgan fingerprint density at radius 3 is 2.71 bits per heavy atom. The van der Waals surface area contributed by atoms with E-state index >= 15 is 0 Å². The Kier molecular flexibility index (Phi) is 3.88. The first-order valence-corrected chi connectivity index (χ1v) is 9.74. The average molecular weight is 373 g/mol. The maximum Gasteiger partial charge on any atom is 0.237 e. The summed E-state index contributed by atoms with van der Waals surface area (Å²) >= 11 is 0. The lowest BCUT2D eigenvalue weighted by Crippen LogP contribution is -2.47. The summed E-state index contributed by atoms with van der Waals surface area (Å²) in [6, 6.07) is 15.6. The van der Waals surface area contributed by atoms with Gasteiger partial charge in [0, 0.05) is 36.9 Å². The summed E-state index contributed by atoms with van der Waals surface area (Å²) in [5.74, 6) is 0.473. The summed E-state index contributed by atoms with van der Waals surface area (Å²) in [5.41, 5.74) is 3.85. The highest BCUT2D eigenvalue weighted by atomic mass is 16.3. The summed E-state index contributed by atoms with van der Waals surface area (Å²) in [5, 5.41) is 10.6. The number of aromatic nitrogens is 1. The van der Waals surface area contributed by atoms with Crippen molar-refractivity contribution in [3.8, 4) is 5.75 Å². The lowest BCUT2D eigenvalue weighted by atomic mass is 9.73. The highest BCUT2D eigenvalue weighted by molar-refractivity contribution is 6.07. The van der Waals surface area contributed by atoms with E-state index < -0.39 is 0 Å². The van der Waals surface area contributed by atoms with E-state index in [1.807, 2.05) is 42.4 Å². The molecule has 2 aromatic carbocycles. The van der Waals surface area contributed by atoms with Crippen LogP contribution in [-0.2, 0) is 16.8 Å². The molecule has 2 aliphatic heterocycles. The molecule has 5 heteroatoms. The maximum absolute atomic E-state index is 13.1. The van der Waals surface area contributed by atoms with Crippen LogP contribution in [0, 0.1) is 0 Å². The third kappa shape index (κ3) is 2.58. The molecule has 0 unspecified atom stereocenters. The Morgan fingerprint density at radius 1 is 1.11 bits per heavy atom. The molecular formula is C23H23N3O2. The van der Waals surface area contributed by atoms with Gasteiger partial charge in [0.15, 0.2) is 0 Å². The van der Waals surface area contributed by atoms with Crippen molar-refractivity contribution in [1.29, 1.82) is 0 Å². The number of benzene rings is 2. The van der Waals surface area contributed by atoms with E-state index in [4.69, 9.17) is 0 Å². The van der Waals surface area contributed by atoms with Crippen molar-refractivity contribution in [3.05, 3.63) is 65.9 Å². The van der Waals surface area contributed by atoms with Crippen LogP contribution in [0.25, 0.3) is 10.9 Å². The number of phenolic OH excluding ortho intramolecular Hbond substituents is 1. The molecule has 0 saturated carbocycles. The molecule has 0 aliphatic carbocycles. The van der Waals surface area contributed by atoms with Gasteiger partial charge in [0.25, 0.3) is 0 Å². The number of fused-ring (bicyclic) bond motifs is 3. The van der Waals surface area contributed by atoms with E-state index in [2.05, 4.69) is 22.0 Å². The smallest absolute Gasteiger partial charge is 0.237 e. The number of likely N-dealkylation sites (N-methyl/N-ethyl adjacent to an activating group) is 1. The number of para-hydroxylation sites is 1. The topological polar surface area (TPSA) is 56.7 Å². The summed E-state index contributed by atoms with van der Waals surface area (Å²) in [6.45, 7) is 2.61. The second-order valence-corrected chi connectivity index (χ2v) is 7.96. The van der Waals surface area contributed by atoms with Crippen molar-refractivity contribution in [2.75, 3.05) is 25.0 Å². The quantitative estimate of drug-likeness (QED) is 0.748. The molecule has 0 atom stereocenters. The van der Waals surface area contributed by atoms with Crippen molar-refractivity contribution in [2.24, 2.45) is 0 Å². The number of aromatic hydroxyl groups is 1. The molecule has 2 aliphatic rings. The van der Waals surface area contributed by atoms with Crippen LogP contribution in [0.5, 0.6) is 5.75 Å². The number of piperidine rings is 1. The van der Waals surface area contributed by atoms with Crippen molar-refractivity contribution in [2.45, 2.75) is 24.8 Å². The first-order chi connectivity index (χ1) is 13.6. The predicted octanol–water partition coefficient (Wildman–Crippen LogP) is 3.45. The van der Waals surface area contributed by atoms with E-state index in [0.717, 1.165) is 54.6 Å². The van der Waals surface area contributed by atoms with Crippen LogP contribution in [0.2, 0.25) is 0 Å². The third-order valence-electron chi connectivity index (χ3n) is 6.34. The molecule has 3 heterocycles. The highest BCUT2D eigenvalue weighted by Gasteiger charge is 2.50. The van der Waals surface area contributed by atoms with Gasteiger partial charge in [0.1, 0.15) is 5.75 Å². The Morgan fingerprint density at radius 2 is 1.89 bits per heavy atom. The van der Waals surface area contributed by atoms with E-state index in [1.54, 1.807) is 12.1 Å². The highest BCUT2D eigenvalue weighted by Crippen LogP contribution is 2.47. The van der Waals surface area contributed by atoms with Gasteiger partial charge in [-0.1, -0.05) is 18.2 Å². The standard InChI is InChI=1S/C23H23N3O2/c1-25-21-5-3-2-4-19(21)23(22(25)28)8-10-26(11-9-23)15-16-12-17-6-7-18(27)13-20(17)24-14-16/h2-7,12-14,27H,8-11,15H2,1H3. The molecule has 0 radical (unpaired) electrons. The van der Waals surface area contributed by atoms with Gasteiger partial charge < -0.3 is 10.0 Å². The Balaban J connectivity index is 1.34. The van der Waals surface area contributed by atoms with Crippen molar-refractivity contribution in [1.82, 2.24) is 9.88 Å². The number of hydrogen-bond donors (Lipinski definition) is 1. The minimum atomic E-state index is -0.360. The van der Waals surface area contributed by atoms with Gasteiger partial charge in [-0.15, -0.1) is 0 Å². The van der Waals surface area contributed by atoms with Crippen LogP contribution in [-0.4, -0.2) is 41.0 Å². The third-order valence-corrected chi connectivity index (χ3v) is 6.34. The molecule has 5 nitrogen and oxygen atoms in total. The second kappa shape index (κ2) is 6.31. The first-order valence-electron chi connectivity index (χ1n) is 9.74. The molecular weight excluding hydrogens is 350 g/mol. The average Bonchev–Trinajstić information content (AvgIpc) is 2.92. The molecule has 5 rings (SSSR count). The number of pyridine rings is 1. The summed E-state index contributed by atoms with van der Waals surface area (Å²) in [6.07, 6.45) is 3.58. The summed E-state index contributed by atoms with van der Waals surface area (Å²) < 4.78 is 0. The van der Waals surface area contributed by atoms with Crippen LogP contribution in [0.3, 0.4) is 0 Å². The Labute approximate surface area is 164 Å². The monoisotopic (exact) mass is 373 g/mol. The molecule has 0 bridgehead atoms. The molecule has 1 fully saturated rings. The van der Waals surface area contributed by atoms with Crippen molar-refractivity contribution in [3.63, 3.8) is 0 Å². The van der Waals surface area contributed by atoms with E-state index in [1.165, 1.54) is 5.56 Å². The maximum atomic E-state index is 13.1. The largest absolute Gasteiger partial charge is 0.508 e. The van der Waals surface area contributed by atoms with Crippen LogP contribution in [0.15, 0.2) is 54.7 Å². The van der Waals surface area contributed by atoms with Gasteiger partial charge >= 0.3 is 0 Å². The van der Waals surface area contributed by atoms with E-state index in [9.17, 15) is 9.90 Å². The molecule has 1 N–H and O–H groups in total. The first kappa shape index (κ1) is 17.2. The van der Waals surface area contributed by atoms with Crippen LogP contribution in [0.4, 0.5) is 5.69 Å². The number of rotatable bonds is 2. The SMILES string of the molecule is CN1C(=O)C2(CCN(Cc3cnc4cc(O)ccc4c3)CC2)c2ccccc21. The van der Waals surface area contributed by atoms with Gasteiger partial charge in [0.05, 0.1) is 10.9 Å². The fraction of sp³-hybridized carbons (Fsp3) is 0.304. The number of phenols is 1. The molecule has 1 aromatic heterocycles. The normalized spacial score (nSPS) is 18.8. The minimum absolute atomic E-state index is 0.237. The zero-order valence-corrected chi connectivity index (χ0v) is 15.9. The van der Waals surface area contributed by atoms with Crippen LogP contribution >= 0.6 is 0 Å². The number of nitrogens with zero attached hydrogens (tertiary/aromatic N) is 3. The van der Waals surface area contributed by atoms with Gasteiger partial charge in [-0.05, 0) is 61.3 Å². The van der Waals surface area contributed by atoms with Crippen molar-refractivity contribution < 1.29 is 9.90 Å². The Hall–Kier alpha value is -2.92. The molecule has 1 spiro atoms. The molecule has 1 amide bonds. The number of anilines is 1. The number of likely N-dealkylation sites (tertiary alicyclic amines) is 1. The zero-order chi connectivity index (χ0) is 19.3. The molecule has 28 heavy (non-hydrogen) atoms. The lowest BCUT2D eigenvalue weighted by Gasteiger charge is -2.38. The van der Waals surface area contributed by atoms with Gasteiger partial charge in [-0.3, -0.25) is 14.7 Å². The summed E-state index contributed by atoms with van der Waals surface area (Å²) in [4.78, 5) is 21.8. The summed E-state index contributed by atoms with van der Waals surface area (Å²) in [7, 11) is 1.89. The lowest BCUT2D eigenvalue weighted by molar-refractivity contribution is -0.124.